The second kappa shape index (κ2) is 9.89. The van der Waals surface area contributed by atoms with Gasteiger partial charge in [-0.3, -0.25) is 4.79 Å². The van der Waals surface area contributed by atoms with Gasteiger partial charge in [0.2, 0.25) is 0 Å². The van der Waals surface area contributed by atoms with Crippen LogP contribution >= 0.6 is 11.6 Å². The third kappa shape index (κ3) is 5.70. The van der Waals surface area contributed by atoms with Gasteiger partial charge in [-0.15, -0.1) is 0 Å². The van der Waals surface area contributed by atoms with Gasteiger partial charge in [-0.05, 0) is 41.0 Å². The molecular weight excluding hydrogens is 420 g/mol. The van der Waals surface area contributed by atoms with Crippen LogP contribution in [0, 0.1) is 0 Å². The Labute approximate surface area is 190 Å². The molecule has 31 heavy (non-hydrogen) atoms. The van der Waals surface area contributed by atoms with E-state index in [1.165, 1.54) is 0 Å². The van der Waals surface area contributed by atoms with Gasteiger partial charge in [0.15, 0.2) is 0 Å². The highest BCUT2D eigenvalue weighted by atomic mass is 35.5. The maximum atomic E-state index is 12.5. The van der Waals surface area contributed by atoms with Gasteiger partial charge < -0.3 is 35.8 Å². The molecule has 1 saturated heterocycles. The summed E-state index contributed by atoms with van der Waals surface area (Å²) in [6, 6.07) is 0.0490. The first-order valence-corrected chi connectivity index (χ1v) is 11.2. The first kappa shape index (κ1) is 25.0. The van der Waals surface area contributed by atoms with E-state index in [0.29, 0.717) is 25.5 Å². The minimum Gasteiger partial charge on any atom is -0.444 e. The molecule has 10 heteroatoms. The fourth-order valence-electron chi connectivity index (χ4n) is 3.88. The lowest BCUT2D eigenvalue weighted by molar-refractivity contribution is -0.114. The largest absolute Gasteiger partial charge is 0.444 e. The van der Waals surface area contributed by atoms with Crippen molar-refractivity contribution in [3.05, 3.63) is 22.4 Å². The lowest BCUT2D eigenvalue weighted by Crippen LogP contribution is -2.58. The van der Waals surface area contributed by atoms with E-state index in [1.807, 2.05) is 51.5 Å². The molecule has 0 aromatic carbocycles. The maximum absolute atomic E-state index is 12.5. The maximum Gasteiger partial charge on any atom is 0.410 e. The molecule has 4 N–H and O–H groups in total. The first-order chi connectivity index (χ1) is 14.4. The van der Waals surface area contributed by atoms with Crippen molar-refractivity contribution in [2.75, 3.05) is 33.2 Å². The Morgan fingerprint density at radius 3 is 2.45 bits per heavy atom. The molecule has 0 aromatic heterocycles. The molecule has 2 aliphatic rings. The van der Waals surface area contributed by atoms with Crippen LogP contribution in [0.2, 0.25) is 0 Å². The molecule has 9 nitrogen and oxygen atoms in total. The van der Waals surface area contributed by atoms with Crippen molar-refractivity contribution in [2.45, 2.75) is 65.6 Å². The lowest BCUT2D eigenvalue weighted by atomic mass is 10.0. The van der Waals surface area contributed by atoms with E-state index in [0.717, 1.165) is 24.5 Å². The highest BCUT2D eigenvalue weighted by Crippen LogP contribution is 2.32. The molecule has 2 aliphatic heterocycles. The minimum atomic E-state index is -0.684. The third-order valence-electron chi connectivity index (χ3n) is 5.31. The van der Waals surface area contributed by atoms with Crippen LogP contribution in [0.5, 0.6) is 0 Å². The number of halogens is 1. The van der Waals surface area contributed by atoms with E-state index in [4.69, 9.17) is 22.1 Å². The number of likely N-dealkylation sites (N-methyl/N-ethyl adjacent to an activating group) is 1. The van der Waals surface area contributed by atoms with Gasteiger partial charge in [0.05, 0.1) is 11.7 Å². The van der Waals surface area contributed by atoms with Crippen molar-refractivity contribution in [3.63, 3.8) is 0 Å². The Morgan fingerprint density at radius 2 is 1.97 bits per heavy atom. The van der Waals surface area contributed by atoms with Crippen molar-refractivity contribution >= 4 is 23.6 Å². The van der Waals surface area contributed by atoms with Gasteiger partial charge in [-0.25, -0.2) is 4.79 Å². The van der Waals surface area contributed by atoms with Gasteiger partial charge in [0.1, 0.15) is 22.3 Å². The van der Waals surface area contributed by atoms with Crippen LogP contribution in [0.15, 0.2) is 22.4 Å². The van der Waals surface area contributed by atoms with E-state index >= 15 is 0 Å². The SMILES string of the molecule is CCNC1=C(N(C)/C(=C(/Cl)C(N)=O)N2CCN(C(=O)OC(C)(C)C)C[C@@H]2C)[C@H](CC)N1. The summed E-state index contributed by atoms with van der Waals surface area (Å²) >= 11 is 6.46. The number of piperazine rings is 1. The lowest BCUT2D eigenvalue weighted by Gasteiger charge is -2.48. The summed E-state index contributed by atoms with van der Waals surface area (Å²) in [4.78, 5) is 30.2. The van der Waals surface area contributed by atoms with E-state index in [1.54, 1.807) is 4.90 Å². The normalized spacial score (nSPS) is 22.3. The number of nitrogens with two attached hydrogens (primary N) is 1. The summed E-state index contributed by atoms with van der Waals surface area (Å²) in [6.07, 6.45) is 0.545. The third-order valence-corrected chi connectivity index (χ3v) is 5.66. The van der Waals surface area contributed by atoms with Gasteiger partial charge in [-0.1, -0.05) is 18.5 Å². The van der Waals surface area contributed by atoms with Gasteiger partial charge >= 0.3 is 6.09 Å². The molecular formula is C21H37ClN6O3. The summed E-state index contributed by atoms with van der Waals surface area (Å²) < 4.78 is 5.51. The smallest absolute Gasteiger partial charge is 0.410 e. The second-order valence-corrected chi connectivity index (χ2v) is 9.30. The molecule has 1 fully saturated rings. The van der Waals surface area contributed by atoms with Gasteiger partial charge in [0.25, 0.3) is 5.91 Å². The van der Waals surface area contributed by atoms with Crippen molar-refractivity contribution in [1.82, 2.24) is 25.3 Å². The standard InChI is InChI=1S/C21H37ClN6O3/c1-8-14-16(18(25-14)24-9-2)26(7)19(15(22)17(23)29)28-11-10-27(12-13(28)3)20(30)31-21(4,5)6/h13-14,24-25H,8-12H2,1-7H3,(H2,23,29)/b19-15-/t13-,14-/m0/s1. The zero-order valence-corrected chi connectivity index (χ0v) is 20.5. The van der Waals surface area contributed by atoms with Crippen LogP contribution in [0.4, 0.5) is 4.79 Å². The zero-order chi connectivity index (χ0) is 23.5. The van der Waals surface area contributed by atoms with Crippen molar-refractivity contribution in [3.8, 4) is 0 Å². The summed E-state index contributed by atoms with van der Waals surface area (Å²) in [6.45, 7) is 13.8. The average molecular weight is 457 g/mol. The molecule has 0 unspecified atom stereocenters. The van der Waals surface area contributed by atoms with Crippen LogP contribution in [0.25, 0.3) is 0 Å². The minimum absolute atomic E-state index is 0.0230. The summed E-state index contributed by atoms with van der Waals surface area (Å²) in [5.41, 5.74) is 6.05. The number of hydrogen-bond acceptors (Lipinski definition) is 7. The predicted octanol–water partition coefficient (Wildman–Crippen LogP) is 1.91. The van der Waals surface area contributed by atoms with Crippen LogP contribution in [0.3, 0.4) is 0 Å². The molecule has 2 rings (SSSR count). The fourth-order valence-corrected chi connectivity index (χ4v) is 4.12. The highest BCUT2D eigenvalue weighted by molar-refractivity contribution is 6.42. The molecule has 2 amide bonds. The monoisotopic (exact) mass is 456 g/mol. The molecule has 0 aliphatic carbocycles. The van der Waals surface area contributed by atoms with E-state index in [2.05, 4.69) is 17.6 Å². The quantitative estimate of drug-likeness (QED) is 0.503. The molecule has 0 radical (unpaired) electrons. The van der Waals surface area contributed by atoms with Crippen LogP contribution in [-0.4, -0.2) is 77.6 Å². The predicted molar refractivity (Wildman–Crippen MR) is 122 cm³/mol. The Balaban J connectivity index is 2.30. The topological polar surface area (TPSA) is 103 Å². The number of nitrogens with zero attached hydrogens (tertiary/aromatic N) is 3. The number of amides is 2. The van der Waals surface area contributed by atoms with E-state index < -0.39 is 11.5 Å². The fraction of sp³-hybridized carbons (Fsp3) is 0.714. The van der Waals surface area contributed by atoms with Crippen LogP contribution in [-0.2, 0) is 9.53 Å². The molecule has 176 valence electrons. The molecule has 2 heterocycles. The first-order valence-electron chi connectivity index (χ1n) is 10.8. The van der Waals surface area contributed by atoms with Gasteiger partial charge in [-0.2, -0.15) is 0 Å². The Kier molecular flexibility index (Phi) is 7.97. The number of hydrogen-bond donors (Lipinski definition) is 3. The Bertz CT molecular complexity index is 761. The van der Waals surface area contributed by atoms with Crippen molar-refractivity contribution < 1.29 is 14.3 Å². The molecule has 0 spiro atoms. The number of nitrogens with one attached hydrogen (secondary N) is 2. The number of carbonyl (C=O) groups excluding carboxylic acids is 2. The summed E-state index contributed by atoms with van der Waals surface area (Å²) in [7, 11) is 1.89. The summed E-state index contributed by atoms with van der Waals surface area (Å²) in [5.74, 6) is 0.787. The number of carbonyl (C=O) groups is 2. The van der Waals surface area contributed by atoms with Crippen LogP contribution < -0.4 is 16.4 Å². The van der Waals surface area contributed by atoms with E-state index in [9.17, 15) is 9.59 Å². The van der Waals surface area contributed by atoms with Gasteiger partial charge in [0, 0.05) is 39.3 Å². The van der Waals surface area contributed by atoms with Crippen LogP contribution in [0.1, 0.15) is 48.0 Å². The Morgan fingerprint density at radius 1 is 1.32 bits per heavy atom. The summed E-state index contributed by atoms with van der Waals surface area (Å²) in [5, 5.41) is 6.69. The number of primary amides is 1. The number of rotatable bonds is 7. The number of ether oxygens (including phenoxy) is 1. The highest BCUT2D eigenvalue weighted by Gasteiger charge is 2.38. The van der Waals surface area contributed by atoms with Crippen molar-refractivity contribution in [1.29, 1.82) is 0 Å². The second-order valence-electron chi connectivity index (χ2n) is 8.93. The molecule has 0 bridgehead atoms. The van der Waals surface area contributed by atoms with E-state index in [-0.39, 0.29) is 23.2 Å². The average Bonchev–Trinajstić information content (AvgIpc) is 2.64. The Hall–Kier alpha value is -2.29. The zero-order valence-electron chi connectivity index (χ0n) is 19.7. The van der Waals surface area contributed by atoms with Crippen molar-refractivity contribution in [2.24, 2.45) is 5.73 Å². The molecule has 2 atom stereocenters. The molecule has 0 saturated carbocycles. The molecule has 0 aromatic rings.